The lowest BCUT2D eigenvalue weighted by atomic mass is 9.94. The zero-order chi connectivity index (χ0) is 14.5. The van der Waals surface area contributed by atoms with Crippen molar-refractivity contribution < 1.29 is 4.79 Å². The molecule has 0 saturated carbocycles. The third-order valence-electron chi connectivity index (χ3n) is 3.82. The molecule has 0 N–H and O–H groups in total. The first-order valence-electron chi connectivity index (χ1n) is 8.34. The van der Waals surface area contributed by atoms with Crippen LogP contribution < -0.4 is 0 Å². The lowest BCUT2D eigenvalue weighted by molar-refractivity contribution is -0.111. The second-order valence-electron chi connectivity index (χ2n) is 6.67. The topological polar surface area (TPSA) is 17.1 Å². The van der Waals surface area contributed by atoms with Crippen molar-refractivity contribution in [2.45, 2.75) is 85.0 Å². The third kappa shape index (κ3) is 13.9. The second kappa shape index (κ2) is 12.7. The molecule has 0 aliphatic carbocycles. The number of carbonyl (C=O) groups excluding carboxylic acids is 1. The molecule has 0 aliphatic heterocycles. The summed E-state index contributed by atoms with van der Waals surface area (Å²) in [6.07, 6.45) is 13.5. The molecule has 0 aromatic carbocycles. The van der Waals surface area contributed by atoms with Crippen molar-refractivity contribution in [1.29, 1.82) is 0 Å². The molecule has 0 bridgehead atoms. The standard InChI is InChI=1S/C18H35O/c1-16(2)11-7-5-6-8-13-18(15-19)14-10-9-12-17(3)4/h15-18H,3,5-14H2,1-2,4H3. The first kappa shape index (κ1) is 18.7. The summed E-state index contributed by atoms with van der Waals surface area (Å²) < 4.78 is 0. The van der Waals surface area contributed by atoms with Crippen molar-refractivity contribution in [3.05, 3.63) is 6.92 Å². The number of carbonyl (C=O) groups is 1. The van der Waals surface area contributed by atoms with Crippen LogP contribution >= 0.6 is 0 Å². The smallest absolute Gasteiger partial charge is 0.123 e. The number of aldehydes is 1. The van der Waals surface area contributed by atoms with Gasteiger partial charge in [-0.1, -0.05) is 79.1 Å². The quantitative estimate of drug-likeness (QED) is 0.303. The van der Waals surface area contributed by atoms with Gasteiger partial charge in [-0.25, -0.2) is 0 Å². The molecule has 1 heteroatoms. The van der Waals surface area contributed by atoms with Crippen LogP contribution in [0.5, 0.6) is 0 Å². The summed E-state index contributed by atoms with van der Waals surface area (Å²) in [5.74, 6) is 1.69. The molecule has 1 radical (unpaired) electrons. The fraction of sp³-hybridized carbons (Fsp3) is 0.889. The molecule has 0 rings (SSSR count). The molecule has 2 unspecified atom stereocenters. The van der Waals surface area contributed by atoms with Gasteiger partial charge in [-0.05, 0) is 24.7 Å². The van der Waals surface area contributed by atoms with Gasteiger partial charge in [0.25, 0.3) is 0 Å². The summed E-state index contributed by atoms with van der Waals surface area (Å²) in [5, 5.41) is 0. The minimum atomic E-state index is 0.310. The molecular weight excluding hydrogens is 232 g/mol. The highest BCUT2D eigenvalue weighted by Crippen LogP contribution is 2.18. The average Bonchev–Trinajstić information content (AvgIpc) is 2.35. The van der Waals surface area contributed by atoms with E-state index in [0.29, 0.717) is 11.8 Å². The summed E-state index contributed by atoms with van der Waals surface area (Å²) in [6.45, 7) is 10.7. The van der Waals surface area contributed by atoms with Gasteiger partial charge in [0.1, 0.15) is 6.29 Å². The van der Waals surface area contributed by atoms with Crippen LogP contribution in [0.15, 0.2) is 0 Å². The summed E-state index contributed by atoms with van der Waals surface area (Å²) in [5.41, 5.74) is 0. The Kier molecular flexibility index (Phi) is 12.5. The normalized spacial score (nSPS) is 13.2. The predicted molar refractivity (Wildman–Crippen MR) is 85.1 cm³/mol. The van der Waals surface area contributed by atoms with Crippen LogP contribution in [-0.2, 0) is 4.79 Å². The van der Waals surface area contributed by atoms with Crippen molar-refractivity contribution in [3.8, 4) is 0 Å². The van der Waals surface area contributed by atoms with Gasteiger partial charge < -0.3 is 4.79 Å². The van der Waals surface area contributed by atoms with Crippen LogP contribution in [0.1, 0.15) is 85.0 Å². The molecule has 1 nitrogen and oxygen atoms in total. The molecule has 0 heterocycles. The minimum Gasteiger partial charge on any atom is -0.303 e. The van der Waals surface area contributed by atoms with Crippen LogP contribution in [0.2, 0.25) is 0 Å². The summed E-state index contributed by atoms with van der Waals surface area (Å²) in [4.78, 5) is 11.0. The van der Waals surface area contributed by atoms with E-state index in [1.54, 1.807) is 0 Å². The van der Waals surface area contributed by atoms with E-state index in [1.807, 2.05) is 0 Å². The van der Waals surface area contributed by atoms with E-state index in [0.717, 1.165) is 18.8 Å². The summed E-state index contributed by atoms with van der Waals surface area (Å²) >= 11 is 0. The van der Waals surface area contributed by atoms with Gasteiger partial charge in [0, 0.05) is 5.92 Å². The Bertz CT molecular complexity index is 196. The van der Waals surface area contributed by atoms with Gasteiger partial charge in [0.15, 0.2) is 0 Å². The van der Waals surface area contributed by atoms with Crippen LogP contribution in [0.3, 0.4) is 0 Å². The van der Waals surface area contributed by atoms with Crippen LogP contribution in [-0.4, -0.2) is 6.29 Å². The number of unbranched alkanes of at least 4 members (excludes halogenated alkanes) is 4. The summed E-state index contributed by atoms with van der Waals surface area (Å²) in [7, 11) is 0. The summed E-state index contributed by atoms with van der Waals surface area (Å²) in [6, 6.07) is 0. The molecule has 0 aliphatic rings. The highest BCUT2D eigenvalue weighted by atomic mass is 16.1. The Morgan fingerprint density at radius 1 is 0.789 bits per heavy atom. The van der Waals surface area contributed by atoms with Crippen molar-refractivity contribution in [2.24, 2.45) is 17.8 Å². The fourth-order valence-electron chi connectivity index (χ4n) is 2.49. The second-order valence-corrected chi connectivity index (χ2v) is 6.67. The van der Waals surface area contributed by atoms with Crippen LogP contribution in [0.25, 0.3) is 0 Å². The minimum absolute atomic E-state index is 0.310. The van der Waals surface area contributed by atoms with Crippen LogP contribution in [0, 0.1) is 24.7 Å². The molecule has 2 atom stereocenters. The Morgan fingerprint density at radius 3 is 1.74 bits per heavy atom. The zero-order valence-electron chi connectivity index (χ0n) is 13.5. The predicted octanol–water partition coefficient (Wildman–Crippen LogP) is 5.83. The van der Waals surface area contributed by atoms with Gasteiger partial charge in [0.05, 0.1) is 0 Å². The first-order valence-corrected chi connectivity index (χ1v) is 8.34. The lowest BCUT2D eigenvalue weighted by Crippen LogP contribution is -2.02. The first-order chi connectivity index (χ1) is 9.06. The molecule has 0 spiro atoms. The molecule has 0 aromatic rings. The highest BCUT2D eigenvalue weighted by Gasteiger charge is 2.07. The maximum absolute atomic E-state index is 11.0. The van der Waals surface area contributed by atoms with Gasteiger partial charge in [0.2, 0.25) is 0 Å². The zero-order valence-corrected chi connectivity index (χ0v) is 13.5. The number of hydrogen-bond donors (Lipinski definition) is 0. The Balaban J connectivity index is 3.41. The maximum Gasteiger partial charge on any atom is 0.123 e. The SMILES string of the molecule is [CH2]C(C)CCCCC(C=O)CCCCCCC(C)C. The molecule has 19 heavy (non-hydrogen) atoms. The van der Waals surface area contributed by atoms with E-state index >= 15 is 0 Å². The highest BCUT2D eigenvalue weighted by molar-refractivity contribution is 5.53. The van der Waals surface area contributed by atoms with Crippen LogP contribution in [0.4, 0.5) is 0 Å². The molecule has 0 fully saturated rings. The Labute approximate surface area is 121 Å². The van der Waals surface area contributed by atoms with E-state index in [4.69, 9.17) is 0 Å². The molecule has 0 saturated heterocycles. The Morgan fingerprint density at radius 2 is 1.26 bits per heavy atom. The number of hydrogen-bond acceptors (Lipinski definition) is 1. The number of rotatable bonds is 13. The fourth-order valence-corrected chi connectivity index (χ4v) is 2.49. The lowest BCUT2D eigenvalue weighted by Gasteiger charge is -2.11. The van der Waals surface area contributed by atoms with E-state index in [9.17, 15) is 4.79 Å². The largest absolute Gasteiger partial charge is 0.303 e. The van der Waals surface area contributed by atoms with Gasteiger partial charge in [-0.2, -0.15) is 0 Å². The van der Waals surface area contributed by atoms with Gasteiger partial charge in [-0.3, -0.25) is 0 Å². The third-order valence-corrected chi connectivity index (χ3v) is 3.82. The molecule has 0 amide bonds. The monoisotopic (exact) mass is 267 g/mol. The van der Waals surface area contributed by atoms with E-state index in [1.165, 1.54) is 57.7 Å². The molecular formula is C18H35O. The maximum atomic E-state index is 11.0. The molecule has 0 aromatic heterocycles. The van der Waals surface area contributed by atoms with E-state index in [-0.39, 0.29) is 0 Å². The van der Waals surface area contributed by atoms with E-state index in [2.05, 4.69) is 27.7 Å². The van der Waals surface area contributed by atoms with Gasteiger partial charge >= 0.3 is 0 Å². The Hall–Kier alpha value is -0.330. The van der Waals surface area contributed by atoms with Gasteiger partial charge in [-0.15, -0.1) is 0 Å². The average molecular weight is 267 g/mol. The molecule has 113 valence electrons. The van der Waals surface area contributed by atoms with Crippen molar-refractivity contribution in [2.75, 3.05) is 0 Å². The van der Waals surface area contributed by atoms with Crippen molar-refractivity contribution >= 4 is 6.29 Å². The van der Waals surface area contributed by atoms with Crippen molar-refractivity contribution in [1.82, 2.24) is 0 Å². The van der Waals surface area contributed by atoms with Crippen molar-refractivity contribution in [3.63, 3.8) is 0 Å². The van der Waals surface area contributed by atoms with E-state index < -0.39 is 0 Å².